The second-order valence-corrected chi connectivity index (χ2v) is 10.6. The van der Waals surface area contributed by atoms with E-state index in [-0.39, 0.29) is 6.42 Å². The van der Waals surface area contributed by atoms with E-state index in [1.165, 1.54) is 0 Å². The predicted molar refractivity (Wildman–Crippen MR) is 107 cm³/mol. The normalized spacial score (nSPS) is 37.0. The maximum absolute atomic E-state index is 12.1. The molecule has 0 bridgehead atoms. The maximum Gasteiger partial charge on any atom is 0.483 e. The first-order chi connectivity index (χ1) is 16.2. The third-order valence-electron chi connectivity index (χ3n) is 5.02. The van der Waals surface area contributed by atoms with Crippen molar-refractivity contribution in [1.82, 2.24) is 9.55 Å². The summed E-state index contributed by atoms with van der Waals surface area (Å²) >= 11 is 0. The number of aromatic amines is 1. The first kappa shape index (κ1) is 28.2. The molecule has 8 N–H and O–H groups in total. The minimum absolute atomic E-state index is 0.225. The molecule has 0 radical (unpaired) electrons. The van der Waals surface area contributed by atoms with Crippen LogP contribution in [0.15, 0.2) is 21.9 Å². The van der Waals surface area contributed by atoms with Gasteiger partial charge in [-0.15, -0.1) is 0 Å². The molecular formula is C15H24N2O16P2. The maximum atomic E-state index is 12.1. The number of hydrogen-bond acceptors (Lipinski definition) is 14. The molecule has 200 valence electrons. The van der Waals surface area contributed by atoms with Gasteiger partial charge in [-0.2, -0.15) is 4.31 Å². The van der Waals surface area contributed by atoms with E-state index < -0.39 is 89.2 Å². The molecule has 35 heavy (non-hydrogen) atoms. The van der Waals surface area contributed by atoms with Crippen LogP contribution in [0.3, 0.4) is 0 Å². The van der Waals surface area contributed by atoms with Crippen LogP contribution in [-0.2, 0) is 32.0 Å². The fourth-order valence-corrected chi connectivity index (χ4v) is 5.48. The summed E-state index contributed by atoms with van der Waals surface area (Å²) in [6.07, 6.45) is -12.3. The van der Waals surface area contributed by atoms with Crippen molar-refractivity contribution in [3.63, 3.8) is 0 Å². The lowest BCUT2D eigenvalue weighted by molar-refractivity contribution is -0.244. The van der Waals surface area contributed by atoms with Crippen LogP contribution < -0.4 is 11.2 Å². The van der Waals surface area contributed by atoms with Crippen molar-refractivity contribution >= 4 is 15.6 Å². The second kappa shape index (κ2) is 11.0. The van der Waals surface area contributed by atoms with Crippen molar-refractivity contribution in [2.75, 3.05) is 13.2 Å². The molecule has 18 nitrogen and oxygen atoms in total. The Morgan fingerprint density at radius 2 is 1.74 bits per heavy atom. The van der Waals surface area contributed by atoms with Crippen molar-refractivity contribution in [2.24, 2.45) is 0 Å². The van der Waals surface area contributed by atoms with E-state index in [4.69, 9.17) is 14.6 Å². The summed E-state index contributed by atoms with van der Waals surface area (Å²) in [5.74, 6) is 0. The summed E-state index contributed by atoms with van der Waals surface area (Å²) in [6, 6.07) is 0.941. The molecule has 2 saturated heterocycles. The highest BCUT2D eigenvalue weighted by atomic mass is 31.3. The Kier molecular flexibility index (Phi) is 8.84. The summed E-state index contributed by atoms with van der Waals surface area (Å²) < 4.78 is 48.3. The van der Waals surface area contributed by atoms with Gasteiger partial charge in [0.15, 0.2) is 12.5 Å². The molecule has 2 aliphatic heterocycles. The lowest BCUT2D eigenvalue weighted by Gasteiger charge is -2.36. The van der Waals surface area contributed by atoms with E-state index in [2.05, 4.69) is 13.4 Å². The number of ether oxygens (including phenoxy) is 2. The number of phosphoric ester groups is 2. The lowest BCUT2D eigenvalue weighted by Crippen LogP contribution is -2.50. The summed E-state index contributed by atoms with van der Waals surface area (Å²) in [5, 5.41) is 48.9. The summed E-state index contributed by atoms with van der Waals surface area (Å²) in [5.41, 5.74) is -1.72. The van der Waals surface area contributed by atoms with Crippen molar-refractivity contribution in [3.05, 3.63) is 33.1 Å². The Morgan fingerprint density at radius 1 is 1.06 bits per heavy atom. The molecule has 20 heteroatoms. The van der Waals surface area contributed by atoms with Gasteiger partial charge in [-0.1, -0.05) is 0 Å². The fraction of sp³-hybridized carbons (Fsp3) is 0.733. The molecule has 1 aromatic rings. The van der Waals surface area contributed by atoms with E-state index >= 15 is 0 Å². The molecule has 0 aliphatic carbocycles. The molecule has 3 rings (SSSR count). The van der Waals surface area contributed by atoms with E-state index in [9.17, 15) is 48.9 Å². The Balaban J connectivity index is 1.60. The summed E-state index contributed by atoms with van der Waals surface area (Å²) in [6.45, 7) is -1.63. The lowest BCUT2D eigenvalue weighted by atomic mass is 10.0. The van der Waals surface area contributed by atoms with Gasteiger partial charge < -0.3 is 44.8 Å². The average molecular weight is 550 g/mol. The SMILES string of the molecule is O=c1ccn(C2O[C@H](COP(=O)(O)OP(=O)(O)O[C@@H]3O[C@H](CO)C[C@H](O)[C@H]3O)[C@@H](O)[C@H]2O)c(=O)[nH]1. The number of hydrogen-bond donors (Lipinski definition) is 8. The Labute approximate surface area is 195 Å². The van der Waals surface area contributed by atoms with E-state index in [1.54, 1.807) is 0 Å². The zero-order valence-corrected chi connectivity index (χ0v) is 19.3. The minimum atomic E-state index is -5.49. The molecule has 3 unspecified atom stereocenters. The van der Waals surface area contributed by atoms with Gasteiger partial charge in [0.1, 0.15) is 24.4 Å². The number of rotatable bonds is 9. The molecule has 1 aromatic heterocycles. The van der Waals surface area contributed by atoms with Crippen LogP contribution in [0, 0.1) is 0 Å². The van der Waals surface area contributed by atoms with E-state index in [1.807, 2.05) is 4.98 Å². The monoisotopic (exact) mass is 550 g/mol. The van der Waals surface area contributed by atoms with Gasteiger partial charge in [-0.05, 0) is 0 Å². The Bertz CT molecular complexity index is 1090. The van der Waals surface area contributed by atoms with Crippen molar-refractivity contribution in [2.45, 2.75) is 55.6 Å². The molecule has 2 fully saturated rings. The number of aromatic nitrogens is 2. The molecule has 0 spiro atoms. The third kappa shape index (κ3) is 6.91. The van der Waals surface area contributed by atoms with E-state index in [0.29, 0.717) is 0 Å². The number of nitrogens with one attached hydrogen (secondary N) is 1. The summed E-state index contributed by atoms with van der Waals surface area (Å²) in [7, 11) is -10.9. The highest BCUT2D eigenvalue weighted by Gasteiger charge is 2.47. The Morgan fingerprint density at radius 3 is 2.37 bits per heavy atom. The highest BCUT2D eigenvalue weighted by molar-refractivity contribution is 7.61. The molecule has 3 heterocycles. The fourth-order valence-electron chi connectivity index (χ4n) is 3.32. The number of H-pyrrole nitrogens is 1. The minimum Gasteiger partial charge on any atom is -0.394 e. The van der Waals surface area contributed by atoms with E-state index in [0.717, 1.165) is 16.8 Å². The zero-order chi connectivity index (χ0) is 26.1. The van der Waals surface area contributed by atoms with Crippen LogP contribution in [0.1, 0.15) is 12.6 Å². The average Bonchev–Trinajstić information content (AvgIpc) is 3.03. The first-order valence-electron chi connectivity index (χ1n) is 9.88. The quantitative estimate of drug-likeness (QED) is 0.137. The standard InChI is InChI=1S/C15H24N2O16P2/c18-4-6-3-7(19)10(21)14(30-6)32-35(27,28)33-34(25,26)29-5-8-11(22)12(23)13(31-8)17-2-1-9(20)16-15(17)24/h1-2,6-8,10-14,18-19,21-23H,3-5H2,(H,25,26)(H,27,28)(H,16,20,24)/t6-,7-,8+,10+,11+,12+,13?,14-/m0/s1. The largest absolute Gasteiger partial charge is 0.483 e. The first-order valence-corrected chi connectivity index (χ1v) is 12.9. The van der Waals surface area contributed by atoms with Gasteiger partial charge in [0.25, 0.3) is 5.56 Å². The number of nitrogens with zero attached hydrogens (tertiary/aromatic N) is 1. The smallest absolute Gasteiger partial charge is 0.394 e. The number of aliphatic hydroxyl groups excluding tert-OH is 5. The zero-order valence-electron chi connectivity index (χ0n) is 17.5. The van der Waals surface area contributed by atoms with Crippen LogP contribution in [-0.4, -0.2) is 101 Å². The van der Waals surface area contributed by atoms with Crippen molar-refractivity contribution in [3.8, 4) is 0 Å². The topological polar surface area (TPSA) is 277 Å². The van der Waals surface area contributed by atoms with Gasteiger partial charge in [-0.3, -0.25) is 23.4 Å². The van der Waals surface area contributed by atoms with Gasteiger partial charge in [0.05, 0.1) is 25.4 Å². The summed E-state index contributed by atoms with van der Waals surface area (Å²) in [4.78, 5) is 44.5. The predicted octanol–water partition coefficient (Wildman–Crippen LogP) is -3.76. The van der Waals surface area contributed by atoms with Crippen LogP contribution in [0.2, 0.25) is 0 Å². The van der Waals surface area contributed by atoms with Crippen LogP contribution in [0.25, 0.3) is 0 Å². The molecule has 0 saturated carbocycles. The van der Waals surface area contributed by atoms with Crippen LogP contribution in [0.5, 0.6) is 0 Å². The van der Waals surface area contributed by atoms with Gasteiger partial charge in [0.2, 0.25) is 0 Å². The molecule has 0 aromatic carbocycles. The molecule has 0 amide bonds. The Hall–Kier alpha value is -1.34. The van der Waals surface area contributed by atoms with Gasteiger partial charge in [-0.25, -0.2) is 13.9 Å². The van der Waals surface area contributed by atoms with Gasteiger partial charge >= 0.3 is 21.3 Å². The third-order valence-corrected chi connectivity index (χ3v) is 7.62. The van der Waals surface area contributed by atoms with Crippen molar-refractivity contribution in [1.29, 1.82) is 0 Å². The molecule has 2 aliphatic rings. The molecule has 10 atom stereocenters. The van der Waals surface area contributed by atoms with Crippen LogP contribution >= 0.6 is 15.6 Å². The van der Waals surface area contributed by atoms with Crippen molar-refractivity contribution < 1.29 is 67.3 Å². The number of phosphoric acid groups is 2. The van der Waals surface area contributed by atoms with Crippen LogP contribution in [0.4, 0.5) is 0 Å². The highest BCUT2D eigenvalue weighted by Crippen LogP contribution is 2.61. The van der Waals surface area contributed by atoms with Gasteiger partial charge in [0, 0.05) is 18.7 Å². The molecular weight excluding hydrogens is 526 g/mol. The second-order valence-electron chi connectivity index (χ2n) is 7.59. The number of aliphatic hydroxyl groups is 5.